The number of hydrogen-bond donors (Lipinski definition) is 0. The van der Waals surface area contributed by atoms with Crippen molar-refractivity contribution in [3.05, 3.63) is 34.3 Å². The average molecular weight is 309 g/mol. The summed E-state index contributed by atoms with van der Waals surface area (Å²) in [6, 6.07) is 8.44. The van der Waals surface area contributed by atoms with Crippen LogP contribution in [0.1, 0.15) is 23.2 Å². The molecule has 4 heteroatoms. The van der Waals surface area contributed by atoms with Crippen LogP contribution >= 0.6 is 15.9 Å². The van der Waals surface area contributed by atoms with Crippen molar-refractivity contribution < 1.29 is 4.79 Å². The lowest BCUT2D eigenvalue weighted by molar-refractivity contribution is 0.0627. The summed E-state index contributed by atoms with van der Waals surface area (Å²) in [6.45, 7) is 3.80. The van der Waals surface area contributed by atoms with Crippen LogP contribution in [-0.4, -0.2) is 47.9 Å². The second-order valence-corrected chi connectivity index (χ2v) is 5.98. The summed E-state index contributed by atoms with van der Waals surface area (Å²) in [7, 11) is 0. The van der Waals surface area contributed by atoms with Gasteiger partial charge in [0.05, 0.1) is 0 Å². The molecule has 0 N–H and O–H groups in total. The molecule has 1 aliphatic carbocycles. The molecule has 3 rings (SSSR count). The van der Waals surface area contributed by atoms with Crippen LogP contribution in [-0.2, 0) is 0 Å². The molecule has 1 heterocycles. The van der Waals surface area contributed by atoms with E-state index in [4.69, 9.17) is 0 Å². The fraction of sp³-hybridized carbons (Fsp3) is 0.500. The van der Waals surface area contributed by atoms with Crippen molar-refractivity contribution in [2.24, 2.45) is 0 Å². The highest BCUT2D eigenvalue weighted by Gasteiger charge is 2.32. The van der Waals surface area contributed by atoms with E-state index < -0.39 is 0 Å². The Kier molecular flexibility index (Phi) is 3.39. The highest BCUT2D eigenvalue weighted by atomic mass is 79.9. The maximum absolute atomic E-state index is 12.3. The van der Waals surface area contributed by atoms with Gasteiger partial charge < -0.3 is 4.90 Å². The number of carbonyl (C=O) groups is 1. The number of benzene rings is 1. The number of amides is 1. The molecule has 2 aliphatic rings. The molecule has 1 amide bonds. The maximum Gasteiger partial charge on any atom is 0.253 e. The van der Waals surface area contributed by atoms with Gasteiger partial charge in [0.1, 0.15) is 0 Å². The lowest BCUT2D eigenvalue weighted by Crippen LogP contribution is -2.49. The van der Waals surface area contributed by atoms with Crippen LogP contribution < -0.4 is 0 Å². The maximum atomic E-state index is 12.3. The molecule has 0 bridgehead atoms. The highest BCUT2D eigenvalue weighted by molar-refractivity contribution is 9.10. The minimum Gasteiger partial charge on any atom is -0.336 e. The molecule has 2 fully saturated rings. The van der Waals surface area contributed by atoms with Crippen molar-refractivity contribution in [2.45, 2.75) is 18.9 Å². The first-order valence-corrected chi connectivity index (χ1v) is 7.32. The first-order chi connectivity index (χ1) is 8.74. The minimum atomic E-state index is 0.165. The van der Waals surface area contributed by atoms with Gasteiger partial charge in [-0.2, -0.15) is 0 Å². The molecule has 1 saturated carbocycles. The highest BCUT2D eigenvalue weighted by Crippen LogP contribution is 2.27. The van der Waals surface area contributed by atoms with Gasteiger partial charge in [-0.15, -0.1) is 0 Å². The third kappa shape index (κ3) is 2.59. The largest absolute Gasteiger partial charge is 0.336 e. The van der Waals surface area contributed by atoms with E-state index in [0.29, 0.717) is 0 Å². The number of carbonyl (C=O) groups excluding carboxylic acids is 1. The molecular weight excluding hydrogens is 292 g/mol. The van der Waals surface area contributed by atoms with Gasteiger partial charge in [-0.05, 0) is 37.1 Å². The van der Waals surface area contributed by atoms with Gasteiger partial charge in [-0.1, -0.05) is 15.9 Å². The smallest absolute Gasteiger partial charge is 0.253 e. The van der Waals surface area contributed by atoms with Crippen LogP contribution in [0.15, 0.2) is 28.7 Å². The van der Waals surface area contributed by atoms with Crippen molar-refractivity contribution in [3.63, 3.8) is 0 Å². The van der Waals surface area contributed by atoms with E-state index in [-0.39, 0.29) is 5.91 Å². The van der Waals surface area contributed by atoms with Crippen molar-refractivity contribution in [2.75, 3.05) is 26.2 Å². The van der Waals surface area contributed by atoms with Crippen molar-refractivity contribution in [3.8, 4) is 0 Å². The van der Waals surface area contributed by atoms with E-state index in [2.05, 4.69) is 20.8 Å². The molecule has 1 aromatic carbocycles. The average Bonchev–Trinajstić information content (AvgIpc) is 3.23. The normalized spacial score (nSPS) is 21.1. The number of piperazine rings is 1. The van der Waals surface area contributed by atoms with Crippen molar-refractivity contribution >= 4 is 21.8 Å². The molecule has 0 atom stereocenters. The fourth-order valence-electron chi connectivity index (χ4n) is 2.50. The monoisotopic (exact) mass is 308 g/mol. The standard InChI is InChI=1S/C14H17BrN2O/c15-12-3-1-11(2-4-12)14(18)17-9-7-16(8-10-17)13-5-6-13/h1-4,13H,5-10H2. The van der Waals surface area contributed by atoms with Crippen LogP contribution in [0.4, 0.5) is 0 Å². The zero-order chi connectivity index (χ0) is 12.5. The Morgan fingerprint density at radius 1 is 1.06 bits per heavy atom. The molecule has 1 aromatic rings. The molecule has 1 aliphatic heterocycles. The Hall–Kier alpha value is -0.870. The molecule has 96 valence electrons. The lowest BCUT2D eigenvalue weighted by Gasteiger charge is -2.34. The van der Waals surface area contributed by atoms with Gasteiger partial charge in [-0.25, -0.2) is 0 Å². The third-order valence-electron chi connectivity index (χ3n) is 3.76. The Labute approximate surface area is 116 Å². The van der Waals surface area contributed by atoms with E-state index >= 15 is 0 Å². The van der Waals surface area contributed by atoms with Crippen LogP contribution in [0.5, 0.6) is 0 Å². The molecule has 0 spiro atoms. The zero-order valence-corrected chi connectivity index (χ0v) is 11.9. The van der Waals surface area contributed by atoms with Gasteiger partial charge in [0.2, 0.25) is 0 Å². The lowest BCUT2D eigenvalue weighted by atomic mass is 10.2. The molecule has 18 heavy (non-hydrogen) atoms. The van der Waals surface area contributed by atoms with E-state index in [0.717, 1.165) is 42.3 Å². The Balaban J connectivity index is 1.61. The predicted octanol–water partition coefficient (Wildman–Crippen LogP) is 2.37. The molecule has 0 radical (unpaired) electrons. The number of nitrogens with zero attached hydrogens (tertiary/aromatic N) is 2. The summed E-state index contributed by atoms with van der Waals surface area (Å²) < 4.78 is 1.01. The molecule has 0 unspecified atom stereocenters. The van der Waals surface area contributed by atoms with Crippen molar-refractivity contribution in [1.29, 1.82) is 0 Å². The van der Waals surface area contributed by atoms with Crippen LogP contribution in [0.3, 0.4) is 0 Å². The number of halogens is 1. The quantitative estimate of drug-likeness (QED) is 0.837. The predicted molar refractivity (Wildman–Crippen MR) is 74.6 cm³/mol. The topological polar surface area (TPSA) is 23.6 Å². The first-order valence-electron chi connectivity index (χ1n) is 6.53. The molecular formula is C14H17BrN2O. The summed E-state index contributed by atoms with van der Waals surface area (Å²) in [5.41, 5.74) is 0.790. The Bertz CT molecular complexity index is 434. The third-order valence-corrected chi connectivity index (χ3v) is 4.28. The SMILES string of the molecule is O=C(c1ccc(Br)cc1)N1CCN(C2CC2)CC1. The summed E-state index contributed by atoms with van der Waals surface area (Å²) in [4.78, 5) is 16.8. The Morgan fingerprint density at radius 3 is 2.22 bits per heavy atom. The summed E-state index contributed by atoms with van der Waals surface area (Å²) >= 11 is 3.39. The van der Waals surface area contributed by atoms with Gasteiger partial charge in [0.25, 0.3) is 5.91 Å². The molecule has 3 nitrogen and oxygen atoms in total. The van der Waals surface area contributed by atoms with E-state index in [1.54, 1.807) is 0 Å². The summed E-state index contributed by atoms with van der Waals surface area (Å²) in [6.07, 6.45) is 2.70. The minimum absolute atomic E-state index is 0.165. The fourth-order valence-corrected chi connectivity index (χ4v) is 2.77. The summed E-state index contributed by atoms with van der Waals surface area (Å²) in [5.74, 6) is 0.165. The Morgan fingerprint density at radius 2 is 1.67 bits per heavy atom. The summed E-state index contributed by atoms with van der Waals surface area (Å²) in [5, 5.41) is 0. The van der Waals surface area contributed by atoms with Gasteiger partial charge >= 0.3 is 0 Å². The van der Waals surface area contributed by atoms with Gasteiger partial charge in [0.15, 0.2) is 0 Å². The zero-order valence-electron chi connectivity index (χ0n) is 10.3. The van der Waals surface area contributed by atoms with Crippen LogP contribution in [0.25, 0.3) is 0 Å². The number of rotatable bonds is 2. The molecule has 1 saturated heterocycles. The van der Waals surface area contributed by atoms with E-state index in [1.807, 2.05) is 29.2 Å². The van der Waals surface area contributed by atoms with Crippen LogP contribution in [0, 0.1) is 0 Å². The van der Waals surface area contributed by atoms with Crippen LogP contribution in [0.2, 0.25) is 0 Å². The van der Waals surface area contributed by atoms with E-state index in [9.17, 15) is 4.79 Å². The van der Waals surface area contributed by atoms with Gasteiger partial charge in [-0.3, -0.25) is 9.69 Å². The van der Waals surface area contributed by atoms with Gasteiger partial charge in [0, 0.05) is 42.3 Å². The van der Waals surface area contributed by atoms with E-state index in [1.165, 1.54) is 12.8 Å². The first kappa shape index (κ1) is 12.2. The second kappa shape index (κ2) is 5.02. The van der Waals surface area contributed by atoms with Crippen molar-refractivity contribution in [1.82, 2.24) is 9.80 Å². The second-order valence-electron chi connectivity index (χ2n) is 5.07. The molecule has 0 aromatic heterocycles. The number of hydrogen-bond acceptors (Lipinski definition) is 2.